The first kappa shape index (κ1) is 31.4. The molecule has 0 aliphatic rings. The Hall–Kier alpha value is -4.49. The molecule has 4 rings (SSSR count). The zero-order valence-corrected chi connectivity index (χ0v) is 22.8. The highest BCUT2D eigenvalue weighted by Crippen LogP contribution is 2.32. The van der Waals surface area contributed by atoms with Crippen molar-refractivity contribution in [2.24, 2.45) is 0 Å². The molecule has 0 N–H and O–H groups in total. The van der Waals surface area contributed by atoms with E-state index in [1.54, 1.807) is 13.8 Å². The smallest absolute Gasteiger partial charge is 0.422 e. The molecular weight excluding hydrogens is 585 g/mol. The minimum Gasteiger partial charge on any atom is -0.484 e. The number of halogens is 7. The van der Waals surface area contributed by atoms with Gasteiger partial charge in [-0.05, 0) is 67.4 Å². The lowest BCUT2D eigenvalue weighted by atomic mass is 10.1. The molecule has 4 aromatic rings. The molecule has 2 aromatic heterocycles. The zero-order chi connectivity index (χ0) is 31.5. The summed E-state index contributed by atoms with van der Waals surface area (Å²) >= 11 is 0. The Morgan fingerprint density at radius 3 is 2.37 bits per heavy atom. The van der Waals surface area contributed by atoms with Gasteiger partial charge in [-0.2, -0.15) is 26.3 Å². The number of fused-ring (bicyclic) bond motifs is 1. The normalized spacial score (nSPS) is 12.8. The predicted molar refractivity (Wildman–Crippen MR) is 142 cm³/mol. The van der Waals surface area contributed by atoms with E-state index in [9.17, 15) is 40.3 Å². The van der Waals surface area contributed by atoms with Crippen molar-refractivity contribution in [2.45, 2.75) is 45.1 Å². The molecule has 0 saturated carbocycles. The van der Waals surface area contributed by atoms with Crippen LogP contribution in [0.4, 0.5) is 30.7 Å². The molecule has 0 saturated heterocycles. The van der Waals surface area contributed by atoms with Crippen LogP contribution in [0.25, 0.3) is 16.7 Å². The van der Waals surface area contributed by atoms with E-state index >= 15 is 0 Å². The maximum atomic E-state index is 13.8. The zero-order valence-electron chi connectivity index (χ0n) is 22.8. The first-order chi connectivity index (χ1) is 20.2. The summed E-state index contributed by atoms with van der Waals surface area (Å²) in [7, 11) is 0. The summed E-state index contributed by atoms with van der Waals surface area (Å²) in [5.74, 6) is -2.11. The highest BCUT2D eigenvalue weighted by molar-refractivity contribution is 5.79. The fourth-order valence-electron chi connectivity index (χ4n) is 4.51. The van der Waals surface area contributed by atoms with E-state index < -0.39 is 54.3 Å². The van der Waals surface area contributed by atoms with Crippen LogP contribution in [-0.4, -0.2) is 44.7 Å². The van der Waals surface area contributed by atoms with Gasteiger partial charge in [0.05, 0.1) is 29.1 Å². The number of pyridine rings is 1. The second-order valence-corrected chi connectivity index (χ2v) is 9.63. The molecule has 0 bridgehead atoms. The van der Waals surface area contributed by atoms with Gasteiger partial charge in [0.1, 0.15) is 17.4 Å². The average molecular weight is 611 g/mol. The van der Waals surface area contributed by atoms with Crippen molar-refractivity contribution >= 4 is 16.9 Å². The average Bonchev–Trinajstić information content (AvgIpc) is 2.95. The van der Waals surface area contributed by atoms with E-state index in [0.29, 0.717) is 18.6 Å². The summed E-state index contributed by atoms with van der Waals surface area (Å²) in [6, 6.07) is 9.63. The van der Waals surface area contributed by atoms with Crippen molar-refractivity contribution in [1.82, 2.24) is 19.4 Å². The van der Waals surface area contributed by atoms with E-state index in [1.807, 2.05) is 0 Å². The lowest BCUT2D eigenvalue weighted by Gasteiger charge is -2.30. The Balaban J connectivity index is 1.75. The Kier molecular flexibility index (Phi) is 9.07. The van der Waals surface area contributed by atoms with Crippen LogP contribution < -0.4 is 10.3 Å². The minimum absolute atomic E-state index is 0.0528. The molecule has 0 fully saturated rings. The molecule has 0 spiro atoms. The molecule has 2 heterocycles. The van der Waals surface area contributed by atoms with Crippen molar-refractivity contribution < 1.29 is 40.3 Å². The lowest BCUT2D eigenvalue weighted by Crippen LogP contribution is -2.38. The quantitative estimate of drug-likeness (QED) is 0.205. The van der Waals surface area contributed by atoms with Crippen molar-refractivity contribution in [3.8, 4) is 11.4 Å². The number of ether oxygens (including phenoxy) is 1. The molecule has 1 atom stereocenters. The lowest BCUT2D eigenvalue weighted by molar-refractivity contribution is -0.153. The van der Waals surface area contributed by atoms with Gasteiger partial charge in [0, 0.05) is 12.7 Å². The third-order valence-electron chi connectivity index (χ3n) is 6.48. The molecule has 228 valence electrons. The standard InChI is InChI=1S/C29H25F7N4O3/c1-3-13-39(24(41)15-18-6-11-23(30)22(14-18)29(34,35)36)17(2)26-38-25-21(5-4-12-37-25)27(42)40(26)19-7-9-20(10-8-19)43-16-28(31,32)33/h4-12,14,17H,3,13,15-16H2,1-2H3/t17-/m1/s1. The Morgan fingerprint density at radius 2 is 1.74 bits per heavy atom. The second-order valence-electron chi connectivity index (χ2n) is 9.63. The third kappa shape index (κ3) is 7.30. The number of nitrogens with zero attached hydrogens (tertiary/aromatic N) is 4. The van der Waals surface area contributed by atoms with Gasteiger partial charge in [-0.15, -0.1) is 0 Å². The van der Waals surface area contributed by atoms with Crippen LogP contribution in [0.5, 0.6) is 5.75 Å². The molecule has 43 heavy (non-hydrogen) atoms. The predicted octanol–water partition coefficient (Wildman–Crippen LogP) is 6.42. The molecule has 2 aromatic carbocycles. The third-order valence-corrected chi connectivity index (χ3v) is 6.48. The van der Waals surface area contributed by atoms with Gasteiger partial charge in [0.2, 0.25) is 5.91 Å². The number of rotatable bonds is 9. The highest BCUT2D eigenvalue weighted by atomic mass is 19.4. The van der Waals surface area contributed by atoms with Crippen LogP contribution in [0.3, 0.4) is 0 Å². The summed E-state index contributed by atoms with van der Waals surface area (Å²) < 4.78 is 97.2. The number of amides is 1. The van der Waals surface area contributed by atoms with Crippen molar-refractivity contribution in [3.05, 3.63) is 93.9 Å². The van der Waals surface area contributed by atoms with Crippen molar-refractivity contribution in [1.29, 1.82) is 0 Å². The number of carbonyl (C=O) groups is 1. The Morgan fingerprint density at radius 1 is 1.05 bits per heavy atom. The maximum absolute atomic E-state index is 13.8. The largest absolute Gasteiger partial charge is 0.484 e. The van der Waals surface area contributed by atoms with E-state index in [1.165, 1.54) is 52.1 Å². The summed E-state index contributed by atoms with van der Waals surface area (Å²) in [6.45, 7) is 1.97. The van der Waals surface area contributed by atoms with Gasteiger partial charge in [-0.3, -0.25) is 14.2 Å². The molecule has 0 aliphatic carbocycles. The minimum atomic E-state index is -4.95. The summed E-state index contributed by atoms with van der Waals surface area (Å²) in [5, 5.41) is 0.134. The van der Waals surface area contributed by atoms with Gasteiger partial charge >= 0.3 is 12.4 Å². The Bertz CT molecular complexity index is 1670. The van der Waals surface area contributed by atoms with Crippen LogP contribution in [-0.2, 0) is 17.4 Å². The van der Waals surface area contributed by atoms with Crippen LogP contribution >= 0.6 is 0 Å². The summed E-state index contributed by atoms with van der Waals surface area (Å²) in [6.07, 6.45) is -8.14. The number of benzene rings is 2. The molecular formula is C29H25F7N4O3. The molecule has 14 heteroatoms. The SMILES string of the molecule is CCCN(C(=O)Cc1ccc(F)c(C(F)(F)F)c1)[C@H](C)c1nc2ncccc2c(=O)n1-c1ccc(OCC(F)(F)F)cc1. The number of hydrogen-bond donors (Lipinski definition) is 0. The van der Waals surface area contributed by atoms with Crippen molar-refractivity contribution in [3.63, 3.8) is 0 Å². The summed E-state index contributed by atoms with van der Waals surface area (Å²) in [4.78, 5) is 37.1. The molecule has 0 radical (unpaired) electrons. The van der Waals surface area contributed by atoms with E-state index in [2.05, 4.69) is 9.97 Å². The first-order valence-corrected chi connectivity index (χ1v) is 13.0. The van der Waals surface area contributed by atoms with Gasteiger partial charge < -0.3 is 9.64 Å². The van der Waals surface area contributed by atoms with Crippen LogP contribution in [0, 0.1) is 5.82 Å². The summed E-state index contributed by atoms with van der Waals surface area (Å²) in [5.41, 5.74) is -1.84. The molecule has 1 amide bonds. The molecule has 7 nitrogen and oxygen atoms in total. The topological polar surface area (TPSA) is 77.3 Å². The number of carbonyl (C=O) groups excluding carboxylic acids is 1. The maximum Gasteiger partial charge on any atom is 0.422 e. The highest BCUT2D eigenvalue weighted by Gasteiger charge is 2.35. The van der Waals surface area contributed by atoms with Crippen LogP contribution in [0.1, 0.15) is 43.3 Å². The molecule has 0 aliphatic heterocycles. The molecule has 0 unspecified atom stereocenters. The number of hydrogen-bond acceptors (Lipinski definition) is 5. The van der Waals surface area contributed by atoms with Gasteiger partial charge in [-0.25, -0.2) is 14.4 Å². The van der Waals surface area contributed by atoms with E-state index in [4.69, 9.17) is 4.74 Å². The monoisotopic (exact) mass is 610 g/mol. The van der Waals surface area contributed by atoms with Crippen LogP contribution in [0.2, 0.25) is 0 Å². The fourth-order valence-corrected chi connectivity index (χ4v) is 4.51. The first-order valence-electron chi connectivity index (χ1n) is 13.0. The van der Waals surface area contributed by atoms with E-state index in [0.717, 1.165) is 6.07 Å². The number of aromatic nitrogens is 3. The number of alkyl halides is 6. The van der Waals surface area contributed by atoms with Gasteiger partial charge in [-0.1, -0.05) is 13.0 Å². The van der Waals surface area contributed by atoms with Crippen molar-refractivity contribution in [2.75, 3.05) is 13.2 Å². The van der Waals surface area contributed by atoms with E-state index in [-0.39, 0.29) is 40.4 Å². The second kappa shape index (κ2) is 12.4. The van der Waals surface area contributed by atoms with Gasteiger partial charge in [0.25, 0.3) is 5.56 Å². The van der Waals surface area contributed by atoms with Crippen LogP contribution in [0.15, 0.2) is 65.6 Å². The fraction of sp³-hybridized carbons (Fsp3) is 0.310. The Labute approximate surface area is 240 Å². The van der Waals surface area contributed by atoms with Gasteiger partial charge in [0.15, 0.2) is 12.3 Å².